The average molecular weight is 383 g/mol. The second-order valence-electron chi connectivity index (χ2n) is 8.00. The molecule has 2 aliphatic rings. The molecule has 2 aromatic rings. The molecule has 0 aromatic heterocycles. The zero-order chi connectivity index (χ0) is 18.8. The maximum atomic E-state index is 13.0. The Morgan fingerprint density at radius 2 is 1.89 bits per heavy atom. The van der Waals surface area contributed by atoms with Crippen LogP contribution in [-0.4, -0.2) is 29.9 Å². The molecule has 0 bridgehead atoms. The normalized spacial score (nSPS) is 20.7. The van der Waals surface area contributed by atoms with Gasteiger partial charge < -0.3 is 4.90 Å². The van der Waals surface area contributed by atoms with Gasteiger partial charge in [0.05, 0.1) is 0 Å². The molecule has 3 nitrogen and oxygen atoms in total. The van der Waals surface area contributed by atoms with Crippen LogP contribution in [0.15, 0.2) is 48.5 Å². The summed E-state index contributed by atoms with van der Waals surface area (Å²) in [6.45, 7) is 5.20. The van der Waals surface area contributed by atoms with Crippen LogP contribution in [0.4, 0.5) is 5.69 Å². The van der Waals surface area contributed by atoms with Gasteiger partial charge in [-0.25, -0.2) is 0 Å². The lowest BCUT2D eigenvalue weighted by Gasteiger charge is -2.33. The Labute approximate surface area is 166 Å². The first-order chi connectivity index (χ1) is 13.1. The molecule has 2 aromatic carbocycles. The fourth-order valence-electron chi connectivity index (χ4n) is 4.53. The molecule has 27 heavy (non-hydrogen) atoms. The molecular formula is C23H27ClN2O. The summed E-state index contributed by atoms with van der Waals surface area (Å²) >= 11 is 6.09. The van der Waals surface area contributed by atoms with Crippen LogP contribution in [0.5, 0.6) is 0 Å². The Kier molecular flexibility index (Phi) is 5.51. The van der Waals surface area contributed by atoms with Crippen LogP contribution in [-0.2, 0) is 17.8 Å². The number of benzene rings is 2. The maximum absolute atomic E-state index is 13.0. The minimum atomic E-state index is 0.276. The van der Waals surface area contributed by atoms with Crippen molar-refractivity contribution in [2.75, 3.05) is 18.0 Å². The molecule has 1 amide bonds. The highest BCUT2D eigenvalue weighted by Gasteiger charge is 2.32. The van der Waals surface area contributed by atoms with Gasteiger partial charge in [0.15, 0.2) is 0 Å². The molecule has 2 aliphatic heterocycles. The number of nitrogens with zero attached hydrogens (tertiary/aromatic N) is 2. The van der Waals surface area contributed by atoms with Crippen molar-refractivity contribution in [1.29, 1.82) is 0 Å². The lowest BCUT2D eigenvalue weighted by molar-refractivity contribution is -0.120. The number of carbonyl (C=O) groups excluding carboxylic acids is 1. The number of rotatable bonds is 4. The van der Waals surface area contributed by atoms with E-state index < -0.39 is 0 Å². The Balaban J connectivity index is 1.31. The molecule has 0 saturated carbocycles. The third-order valence-electron chi connectivity index (χ3n) is 5.94. The lowest BCUT2D eigenvalue weighted by Crippen LogP contribution is -2.39. The summed E-state index contributed by atoms with van der Waals surface area (Å²) in [6, 6.07) is 16.7. The molecule has 4 rings (SSSR count). The molecule has 0 aliphatic carbocycles. The standard InChI is InChI=1S/C23H27ClN2O/c1-17-13-20-6-2-3-8-22(20)26(17)23(27)15-18-9-11-25(12-10-18)16-19-5-4-7-21(24)14-19/h2-8,14,17-18H,9-13,15-16H2,1H3. The third kappa shape index (κ3) is 4.20. The first-order valence-electron chi connectivity index (χ1n) is 9.97. The van der Waals surface area contributed by atoms with E-state index in [4.69, 9.17) is 11.6 Å². The maximum Gasteiger partial charge on any atom is 0.227 e. The first kappa shape index (κ1) is 18.5. The molecule has 1 fully saturated rings. The van der Waals surface area contributed by atoms with E-state index in [0.29, 0.717) is 18.2 Å². The Morgan fingerprint density at radius 3 is 2.67 bits per heavy atom. The van der Waals surface area contributed by atoms with Gasteiger partial charge in [0, 0.05) is 29.7 Å². The molecule has 142 valence electrons. The number of carbonyl (C=O) groups is 1. The molecule has 1 atom stereocenters. The van der Waals surface area contributed by atoms with Crippen molar-refractivity contribution in [3.63, 3.8) is 0 Å². The second kappa shape index (κ2) is 8.04. The molecular weight excluding hydrogens is 356 g/mol. The van der Waals surface area contributed by atoms with Gasteiger partial charge in [-0.15, -0.1) is 0 Å². The number of hydrogen-bond acceptors (Lipinski definition) is 2. The van der Waals surface area contributed by atoms with E-state index in [9.17, 15) is 4.79 Å². The molecule has 2 heterocycles. The van der Waals surface area contributed by atoms with Gasteiger partial charge in [-0.05, 0) is 74.5 Å². The van der Waals surface area contributed by atoms with Crippen LogP contribution >= 0.6 is 11.6 Å². The molecule has 1 saturated heterocycles. The van der Waals surface area contributed by atoms with E-state index in [1.54, 1.807) is 0 Å². The van der Waals surface area contributed by atoms with Gasteiger partial charge in [0.2, 0.25) is 5.91 Å². The van der Waals surface area contributed by atoms with Gasteiger partial charge in [-0.2, -0.15) is 0 Å². The largest absolute Gasteiger partial charge is 0.309 e. The van der Waals surface area contributed by atoms with Gasteiger partial charge >= 0.3 is 0 Å². The average Bonchev–Trinajstić information content (AvgIpc) is 2.99. The number of hydrogen-bond donors (Lipinski definition) is 0. The fraction of sp³-hybridized carbons (Fsp3) is 0.435. The van der Waals surface area contributed by atoms with E-state index in [1.165, 1.54) is 11.1 Å². The molecule has 0 radical (unpaired) electrons. The van der Waals surface area contributed by atoms with Gasteiger partial charge in [-0.3, -0.25) is 9.69 Å². The van der Waals surface area contributed by atoms with Crippen molar-refractivity contribution in [3.05, 3.63) is 64.7 Å². The van der Waals surface area contributed by atoms with Crippen molar-refractivity contribution < 1.29 is 4.79 Å². The summed E-state index contributed by atoms with van der Waals surface area (Å²) in [6.07, 6.45) is 3.83. The van der Waals surface area contributed by atoms with Crippen molar-refractivity contribution in [1.82, 2.24) is 4.90 Å². The topological polar surface area (TPSA) is 23.6 Å². The van der Waals surface area contributed by atoms with E-state index in [2.05, 4.69) is 36.1 Å². The minimum Gasteiger partial charge on any atom is -0.309 e. The highest BCUT2D eigenvalue weighted by Crippen LogP contribution is 2.33. The number of anilines is 1. The van der Waals surface area contributed by atoms with Crippen LogP contribution in [0.3, 0.4) is 0 Å². The zero-order valence-corrected chi connectivity index (χ0v) is 16.7. The Hall–Kier alpha value is -1.84. The van der Waals surface area contributed by atoms with Gasteiger partial charge in [0.1, 0.15) is 0 Å². The number of fused-ring (bicyclic) bond motifs is 1. The van der Waals surface area contributed by atoms with Crippen LogP contribution in [0.2, 0.25) is 5.02 Å². The predicted octanol–water partition coefficient (Wildman–Crippen LogP) is 4.92. The summed E-state index contributed by atoms with van der Waals surface area (Å²) in [4.78, 5) is 17.5. The van der Waals surface area contributed by atoms with Crippen LogP contribution in [0.25, 0.3) is 0 Å². The second-order valence-corrected chi connectivity index (χ2v) is 8.44. The predicted molar refractivity (Wildman–Crippen MR) is 111 cm³/mol. The van der Waals surface area contributed by atoms with E-state index in [-0.39, 0.29) is 6.04 Å². The van der Waals surface area contributed by atoms with Gasteiger partial charge in [0.25, 0.3) is 0 Å². The van der Waals surface area contributed by atoms with Crippen molar-refractivity contribution in [2.24, 2.45) is 5.92 Å². The quantitative estimate of drug-likeness (QED) is 0.749. The highest BCUT2D eigenvalue weighted by molar-refractivity contribution is 6.30. The fourth-order valence-corrected chi connectivity index (χ4v) is 4.75. The summed E-state index contributed by atoms with van der Waals surface area (Å²) < 4.78 is 0. The highest BCUT2D eigenvalue weighted by atomic mass is 35.5. The summed E-state index contributed by atoms with van der Waals surface area (Å²) in [7, 11) is 0. The van der Waals surface area contributed by atoms with Crippen molar-refractivity contribution in [3.8, 4) is 0 Å². The monoisotopic (exact) mass is 382 g/mol. The third-order valence-corrected chi connectivity index (χ3v) is 6.18. The molecule has 4 heteroatoms. The van der Waals surface area contributed by atoms with E-state index >= 15 is 0 Å². The molecule has 1 unspecified atom stereocenters. The van der Waals surface area contributed by atoms with Crippen LogP contribution in [0, 0.1) is 5.92 Å². The van der Waals surface area contributed by atoms with Crippen molar-refractivity contribution >= 4 is 23.2 Å². The summed E-state index contributed by atoms with van der Waals surface area (Å²) in [5, 5.41) is 0.799. The van der Waals surface area contributed by atoms with Crippen molar-refractivity contribution in [2.45, 2.75) is 45.2 Å². The van der Waals surface area contributed by atoms with E-state index in [0.717, 1.165) is 49.6 Å². The molecule has 0 N–H and O–H groups in total. The van der Waals surface area contributed by atoms with Gasteiger partial charge in [-0.1, -0.05) is 41.9 Å². The number of halogens is 1. The molecule has 0 spiro atoms. The summed E-state index contributed by atoms with van der Waals surface area (Å²) in [5.74, 6) is 0.786. The summed E-state index contributed by atoms with van der Waals surface area (Å²) in [5.41, 5.74) is 3.68. The smallest absolute Gasteiger partial charge is 0.227 e. The number of amides is 1. The Morgan fingerprint density at radius 1 is 1.11 bits per heavy atom. The van der Waals surface area contributed by atoms with E-state index in [1.807, 2.05) is 29.2 Å². The Bertz CT molecular complexity index is 814. The first-order valence-corrected chi connectivity index (χ1v) is 10.3. The number of likely N-dealkylation sites (tertiary alicyclic amines) is 1. The number of piperidine rings is 1. The lowest BCUT2D eigenvalue weighted by atomic mass is 9.92. The SMILES string of the molecule is CC1Cc2ccccc2N1C(=O)CC1CCN(Cc2cccc(Cl)c2)CC1. The van der Waals surface area contributed by atoms with Crippen LogP contribution in [0.1, 0.15) is 37.3 Å². The zero-order valence-electron chi connectivity index (χ0n) is 15.9. The van der Waals surface area contributed by atoms with Crippen LogP contribution < -0.4 is 4.90 Å². The number of para-hydroxylation sites is 1. The minimum absolute atomic E-state index is 0.276.